The maximum atomic E-state index is 5.79. The second-order valence-corrected chi connectivity index (χ2v) is 3.74. The predicted octanol–water partition coefficient (Wildman–Crippen LogP) is 1.36. The molecule has 5 nitrogen and oxygen atoms in total. The van der Waals surface area contributed by atoms with Crippen LogP contribution >= 0.6 is 0 Å². The minimum Gasteiger partial charge on any atom is -0.396 e. The number of nitrogens with one attached hydrogen (secondary N) is 1. The van der Waals surface area contributed by atoms with Gasteiger partial charge in [0, 0.05) is 24.6 Å². The van der Waals surface area contributed by atoms with Gasteiger partial charge in [-0.2, -0.15) is 5.10 Å². The number of nitrogens with two attached hydrogens (primary N) is 1. The van der Waals surface area contributed by atoms with Gasteiger partial charge in [0.2, 0.25) is 0 Å². The lowest BCUT2D eigenvalue weighted by molar-refractivity contribution is 0.561. The highest BCUT2D eigenvalue weighted by Gasteiger charge is 2.05. The van der Waals surface area contributed by atoms with Crippen molar-refractivity contribution >= 4 is 11.4 Å². The molecule has 2 heterocycles. The second-order valence-electron chi connectivity index (χ2n) is 3.74. The largest absolute Gasteiger partial charge is 0.396 e. The third kappa shape index (κ3) is 2.50. The molecule has 2 aromatic rings. The summed E-state index contributed by atoms with van der Waals surface area (Å²) in [5, 5.41) is 7.48. The monoisotopic (exact) mass is 217 g/mol. The van der Waals surface area contributed by atoms with Crippen molar-refractivity contribution < 1.29 is 0 Å². The van der Waals surface area contributed by atoms with Crippen LogP contribution < -0.4 is 11.1 Å². The van der Waals surface area contributed by atoms with Crippen molar-refractivity contribution in [3.05, 3.63) is 36.9 Å². The molecule has 16 heavy (non-hydrogen) atoms. The van der Waals surface area contributed by atoms with Crippen LogP contribution in [0.2, 0.25) is 0 Å². The van der Waals surface area contributed by atoms with E-state index in [-0.39, 0.29) is 6.04 Å². The molecule has 0 saturated heterocycles. The summed E-state index contributed by atoms with van der Waals surface area (Å²) in [5.41, 5.74) is 7.37. The van der Waals surface area contributed by atoms with E-state index in [4.69, 9.17) is 5.73 Å². The summed E-state index contributed by atoms with van der Waals surface area (Å²) in [6, 6.07) is 4.03. The fourth-order valence-electron chi connectivity index (χ4n) is 1.54. The molecule has 0 aliphatic rings. The molecular formula is C11H15N5. The summed E-state index contributed by atoms with van der Waals surface area (Å²) in [6.07, 6.45) is 7.07. The molecule has 0 aliphatic carbocycles. The normalized spacial score (nSPS) is 12.3. The Balaban J connectivity index is 1.97. The highest BCUT2D eigenvalue weighted by molar-refractivity contribution is 5.64. The molecule has 0 spiro atoms. The molecule has 84 valence electrons. The Labute approximate surface area is 94.3 Å². The molecule has 0 radical (unpaired) electrons. The molecule has 0 aromatic carbocycles. The van der Waals surface area contributed by atoms with Crippen LogP contribution in [0, 0.1) is 0 Å². The fourth-order valence-corrected chi connectivity index (χ4v) is 1.54. The minimum absolute atomic E-state index is 0.254. The average molecular weight is 217 g/mol. The SMILES string of the molecule is CC(Cn1cccn1)Nc1ccncc1N. The van der Waals surface area contributed by atoms with Crippen molar-refractivity contribution in [1.82, 2.24) is 14.8 Å². The zero-order valence-corrected chi connectivity index (χ0v) is 9.17. The van der Waals surface area contributed by atoms with E-state index in [0.717, 1.165) is 12.2 Å². The standard InChI is InChI=1S/C11H15N5/c1-9(8-16-6-2-4-14-16)15-11-3-5-13-7-10(11)12/h2-7,9H,8,12H2,1H3,(H,13,15). The summed E-state index contributed by atoms with van der Waals surface area (Å²) in [5.74, 6) is 0. The van der Waals surface area contributed by atoms with Crippen LogP contribution in [0.3, 0.4) is 0 Å². The highest BCUT2D eigenvalue weighted by Crippen LogP contribution is 2.16. The molecule has 0 bridgehead atoms. The Morgan fingerprint density at radius 3 is 3.06 bits per heavy atom. The number of pyridine rings is 1. The molecule has 1 atom stereocenters. The third-order valence-corrected chi connectivity index (χ3v) is 2.27. The summed E-state index contributed by atoms with van der Waals surface area (Å²) in [7, 11) is 0. The van der Waals surface area contributed by atoms with Crippen LogP contribution in [0.1, 0.15) is 6.92 Å². The molecule has 0 fully saturated rings. The van der Waals surface area contributed by atoms with Gasteiger partial charge in [-0.05, 0) is 19.1 Å². The van der Waals surface area contributed by atoms with E-state index in [1.807, 2.05) is 23.0 Å². The highest BCUT2D eigenvalue weighted by atomic mass is 15.3. The van der Waals surface area contributed by atoms with Gasteiger partial charge in [-0.1, -0.05) is 0 Å². The van der Waals surface area contributed by atoms with E-state index >= 15 is 0 Å². The molecule has 0 saturated carbocycles. The molecule has 0 amide bonds. The van der Waals surface area contributed by atoms with Crippen molar-refractivity contribution in [2.45, 2.75) is 19.5 Å². The second kappa shape index (κ2) is 4.65. The van der Waals surface area contributed by atoms with E-state index in [0.29, 0.717) is 5.69 Å². The van der Waals surface area contributed by atoms with Crippen molar-refractivity contribution in [2.75, 3.05) is 11.1 Å². The Morgan fingerprint density at radius 2 is 2.38 bits per heavy atom. The summed E-state index contributed by atoms with van der Waals surface area (Å²) in [6.45, 7) is 2.89. The summed E-state index contributed by atoms with van der Waals surface area (Å²) >= 11 is 0. The molecule has 2 rings (SSSR count). The van der Waals surface area contributed by atoms with Gasteiger partial charge in [-0.3, -0.25) is 9.67 Å². The number of nitrogen functional groups attached to an aromatic ring is 1. The van der Waals surface area contributed by atoms with E-state index in [1.165, 1.54) is 0 Å². The molecule has 1 unspecified atom stereocenters. The van der Waals surface area contributed by atoms with Crippen LogP contribution in [0.15, 0.2) is 36.9 Å². The zero-order chi connectivity index (χ0) is 11.4. The van der Waals surface area contributed by atoms with E-state index in [9.17, 15) is 0 Å². The van der Waals surface area contributed by atoms with Gasteiger partial charge < -0.3 is 11.1 Å². The van der Waals surface area contributed by atoms with E-state index in [1.54, 1.807) is 18.6 Å². The lowest BCUT2D eigenvalue weighted by atomic mass is 10.3. The first kappa shape index (κ1) is 10.5. The zero-order valence-electron chi connectivity index (χ0n) is 9.17. The quantitative estimate of drug-likeness (QED) is 0.811. The van der Waals surface area contributed by atoms with Gasteiger partial charge >= 0.3 is 0 Å². The predicted molar refractivity (Wildman–Crippen MR) is 64.0 cm³/mol. The van der Waals surface area contributed by atoms with Gasteiger partial charge in [0.15, 0.2) is 0 Å². The van der Waals surface area contributed by atoms with Crippen LogP contribution in [-0.2, 0) is 6.54 Å². The van der Waals surface area contributed by atoms with Crippen molar-refractivity contribution in [2.24, 2.45) is 0 Å². The first-order chi connectivity index (χ1) is 7.75. The van der Waals surface area contributed by atoms with Crippen molar-refractivity contribution in [3.8, 4) is 0 Å². The lowest BCUT2D eigenvalue weighted by Gasteiger charge is -2.16. The lowest BCUT2D eigenvalue weighted by Crippen LogP contribution is -2.22. The maximum Gasteiger partial charge on any atom is 0.0736 e. The number of nitrogens with zero attached hydrogens (tertiary/aromatic N) is 3. The Bertz CT molecular complexity index is 437. The van der Waals surface area contributed by atoms with Crippen LogP contribution in [0.4, 0.5) is 11.4 Å². The van der Waals surface area contributed by atoms with Gasteiger partial charge in [0.05, 0.1) is 24.1 Å². The van der Waals surface area contributed by atoms with Gasteiger partial charge in [0.1, 0.15) is 0 Å². The van der Waals surface area contributed by atoms with Crippen LogP contribution in [0.5, 0.6) is 0 Å². The fraction of sp³-hybridized carbons (Fsp3) is 0.273. The molecular weight excluding hydrogens is 202 g/mol. The van der Waals surface area contributed by atoms with Crippen molar-refractivity contribution in [1.29, 1.82) is 0 Å². The minimum atomic E-state index is 0.254. The number of hydrogen-bond acceptors (Lipinski definition) is 4. The topological polar surface area (TPSA) is 68.8 Å². The number of hydrogen-bond donors (Lipinski definition) is 2. The molecule has 2 aromatic heterocycles. The van der Waals surface area contributed by atoms with Gasteiger partial charge in [-0.15, -0.1) is 0 Å². The van der Waals surface area contributed by atoms with Crippen LogP contribution in [-0.4, -0.2) is 20.8 Å². The first-order valence-corrected chi connectivity index (χ1v) is 5.19. The average Bonchev–Trinajstić information content (AvgIpc) is 2.74. The molecule has 0 aliphatic heterocycles. The third-order valence-electron chi connectivity index (χ3n) is 2.27. The van der Waals surface area contributed by atoms with E-state index in [2.05, 4.69) is 22.3 Å². The summed E-state index contributed by atoms with van der Waals surface area (Å²) in [4.78, 5) is 3.95. The summed E-state index contributed by atoms with van der Waals surface area (Å²) < 4.78 is 1.88. The Hall–Kier alpha value is -2.04. The van der Waals surface area contributed by atoms with E-state index < -0.39 is 0 Å². The first-order valence-electron chi connectivity index (χ1n) is 5.19. The van der Waals surface area contributed by atoms with Gasteiger partial charge in [0.25, 0.3) is 0 Å². The molecule has 3 N–H and O–H groups in total. The Morgan fingerprint density at radius 1 is 1.50 bits per heavy atom. The van der Waals surface area contributed by atoms with Crippen LogP contribution in [0.25, 0.3) is 0 Å². The number of anilines is 2. The number of rotatable bonds is 4. The number of aromatic nitrogens is 3. The smallest absolute Gasteiger partial charge is 0.0736 e. The van der Waals surface area contributed by atoms with Crippen molar-refractivity contribution in [3.63, 3.8) is 0 Å². The molecule has 5 heteroatoms. The van der Waals surface area contributed by atoms with Gasteiger partial charge in [-0.25, -0.2) is 0 Å². The Kier molecular flexibility index (Phi) is 3.05. The maximum absolute atomic E-state index is 5.79.